The summed E-state index contributed by atoms with van der Waals surface area (Å²) in [5.74, 6) is 1.17. The fourth-order valence-corrected chi connectivity index (χ4v) is 3.25. The van der Waals surface area contributed by atoms with Gasteiger partial charge in [0.15, 0.2) is 0 Å². The van der Waals surface area contributed by atoms with Crippen LogP contribution in [0.2, 0.25) is 0 Å². The van der Waals surface area contributed by atoms with Gasteiger partial charge in [-0.1, -0.05) is 24.3 Å². The van der Waals surface area contributed by atoms with Crippen molar-refractivity contribution in [2.75, 3.05) is 6.54 Å². The molecule has 0 radical (unpaired) electrons. The minimum Gasteiger partial charge on any atom is -0.330 e. The van der Waals surface area contributed by atoms with Crippen LogP contribution >= 0.6 is 0 Å². The smallest absolute Gasteiger partial charge is 0.141 e. The van der Waals surface area contributed by atoms with E-state index >= 15 is 0 Å². The number of hydrogen-bond donors (Lipinski definition) is 1. The molecule has 3 rings (SSSR count). The summed E-state index contributed by atoms with van der Waals surface area (Å²) in [6.45, 7) is 0.757. The Bertz CT molecular complexity index is 630. The molecule has 0 saturated heterocycles. The third kappa shape index (κ3) is 3.30. The van der Waals surface area contributed by atoms with Gasteiger partial charge in [-0.25, -0.2) is 0 Å². The summed E-state index contributed by atoms with van der Waals surface area (Å²) in [5.41, 5.74) is 7.56. The Labute approximate surface area is 125 Å². The number of rotatable bonds is 4. The summed E-state index contributed by atoms with van der Waals surface area (Å²) >= 11 is 0. The molecule has 110 valence electrons. The van der Waals surface area contributed by atoms with E-state index in [1.165, 1.54) is 0 Å². The largest absolute Gasteiger partial charge is 0.330 e. The molecule has 2 N–H and O–H groups in total. The zero-order chi connectivity index (χ0) is 14.7. The number of fused-ring (bicyclic) bond motifs is 1. The van der Waals surface area contributed by atoms with Gasteiger partial charge in [-0.2, -0.15) is 0 Å². The first-order chi connectivity index (χ1) is 10.3. The van der Waals surface area contributed by atoms with Crippen LogP contribution < -0.4 is 5.73 Å². The predicted octanol–water partition coefficient (Wildman–Crippen LogP) is 3.11. The Morgan fingerprint density at radius 1 is 1.10 bits per heavy atom. The molecule has 0 atom stereocenters. The summed E-state index contributed by atoms with van der Waals surface area (Å²) in [6, 6.07) is 12.1. The summed E-state index contributed by atoms with van der Waals surface area (Å²) in [6.07, 6.45) is 4.64. The van der Waals surface area contributed by atoms with Crippen LogP contribution in [-0.2, 0) is 11.2 Å². The molecule has 0 spiro atoms. The number of ketones is 1. The van der Waals surface area contributed by atoms with Crippen molar-refractivity contribution >= 4 is 16.7 Å². The maximum absolute atomic E-state index is 12.4. The minimum absolute atomic E-state index is 0.209. The van der Waals surface area contributed by atoms with E-state index in [1.807, 2.05) is 30.3 Å². The number of carbonyl (C=O) groups excluding carboxylic acids is 1. The second-order valence-corrected chi connectivity index (χ2v) is 6.09. The summed E-state index contributed by atoms with van der Waals surface area (Å²) in [7, 11) is 0. The first kappa shape index (κ1) is 14.2. The van der Waals surface area contributed by atoms with Gasteiger partial charge >= 0.3 is 0 Å². The quantitative estimate of drug-likeness (QED) is 0.937. The van der Waals surface area contributed by atoms with Gasteiger partial charge in [0.1, 0.15) is 5.78 Å². The molecule has 2 aromatic rings. The first-order valence-electron chi connectivity index (χ1n) is 7.83. The number of nitrogens with zero attached hydrogens (tertiary/aromatic N) is 1. The van der Waals surface area contributed by atoms with Crippen LogP contribution in [0.15, 0.2) is 36.4 Å². The van der Waals surface area contributed by atoms with Crippen LogP contribution in [0.3, 0.4) is 0 Å². The van der Waals surface area contributed by atoms with E-state index in [9.17, 15) is 4.79 Å². The molecule has 3 heteroatoms. The highest BCUT2D eigenvalue weighted by atomic mass is 16.1. The minimum atomic E-state index is 0.209. The van der Waals surface area contributed by atoms with Gasteiger partial charge in [0.05, 0.1) is 5.52 Å². The molecule has 1 saturated carbocycles. The van der Waals surface area contributed by atoms with Crippen LogP contribution in [0.1, 0.15) is 31.4 Å². The normalized spacial score (nSPS) is 22.3. The molecular weight excluding hydrogens is 260 g/mol. The van der Waals surface area contributed by atoms with E-state index in [1.54, 1.807) is 0 Å². The van der Waals surface area contributed by atoms with Crippen molar-refractivity contribution in [3.05, 3.63) is 42.1 Å². The zero-order valence-electron chi connectivity index (χ0n) is 12.3. The molecule has 1 heterocycles. The molecule has 1 aliphatic carbocycles. The standard InChI is InChI=1S/C18H22N2O/c19-12-13-5-7-15(8-6-13)18(21)11-16-10-9-14-3-1-2-4-17(14)20-16/h1-4,9-10,13,15H,5-8,11-12,19H2. The molecular formula is C18H22N2O. The van der Waals surface area contributed by atoms with Gasteiger partial charge in [-0.3, -0.25) is 9.78 Å². The lowest BCUT2D eigenvalue weighted by Gasteiger charge is -2.26. The van der Waals surface area contributed by atoms with Crippen LogP contribution in [0.25, 0.3) is 10.9 Å². The van der Waals surface area contributed by atoms with Crippen molar-refractivity contribution in [2.45, 2.75) is 32.1 Å². The van der Waals surface area contributed by atoms with Crippen LogP contribution in [-0.4, -0.2) is 17.3 Å². The van der Waals surface area contributed by atoms with Gasteiger partial charge in [-0.05, 0) is 50.3 Å². The highest BCUT2D eigenvalue weighted by Gasteiger charge is 2.25. The van der Waals surface area contributed by atoms with Gasteiger partial charge in [0.2, 0.25) is 0 Å². The van der Waals surface area contributed by atoms with Crippen molar-refractivity contribution in [1.29, 1.82) is 0 Å². The van der Waals surface area contributed by atoms with E-state index in [2.05, 4.69) is 11.1 Å². The third-order valence-electron chi connectivity index (χ3n) is 4.65. The van der Waals surface area contributed by atoms with Crippen molar-refractivity contribution in [2.24, 2.45) is 17.6 Å². The fraction of sp³-hybridized carbons (Fsp3) is 0.444. The van der Waals surface area contributed by atoms with Gasteiger partial charge in [0, 0.05) is 23.4 Å². The Morgan fingerprint density at radius 2 is 1.86 bits per heavy atom. The van der Waals surface area contributed by atoms with Gasteiger partial charge < -0.3 is 5.73 Å². The number of benzene rings is 1. The highest BCUT2D eigenvalue weighted by Crippen LogP contribution is 2.29. The van der Waals surface area contributed by atoms with Crippen molar-refractivity contribution in [3.63, 3.8) is 0 Å². The monoisotopic (exact) mass is 282 g/mol. The number of para-hydroxylation sites is 1. The fourth-order valence-electron chi connectivity index (χ4n) is 3.25. The Hall–Kier alpha value is -1.74. The Balaban J connectivity index is 1.66. The second kappa shape index (κ2) is 6.35. The number of Topliss-reactive ketones (excluding diaryl/α,β-unsaturated/α-hetero) is 1. The molecule has 0 bridgehead atoms. The number of hydrogen-bond acceptors (Lipinski definition) is 3. The van der Waals surface area contributed by atoms with Crippen LogP contribution in [0.5, 0.6) is 0 Å². The molecule has 1 aromatic heterocycles. The second-order valence-electron chi connectivity index (χ2n) is 6.09. The maximum atomic E-state index is 12.4. The average Bonchev–Trinajstić information content (AvgIpc) is 2.55. The summed E-state index contributed by atoms with van der Waals surface area (Å²) in [4.78, 5) is 17.0. The van der Waals surface area contributed by atoms with E-state index in [-0.39, 0.29) is 5.92 Å². The third-order valence-corrected chi connectivity index (χ3v) is 4.65. The topological polar surface area (TPSA) is 56.0 Å². The molecule has 3 nitrogen and oxygen atoms in total. The number of carbonyl (C=O) groups is 1. The number of aromatic nitrogens is 1. The average molecular weight is 282 g/mol. The van der Waals surface area contributed by atoms with E-state index in [0.717, 1.165) is 48.8 Å². The van der Waals surface area contributed by atoms with E-state index < -0.39 is 0 Å². The molecule has 0 aliphatic heterocycles. The van der Waals surface area contributed by atoms with Gasteiger partial charge in [0.25, 0.3) is 0 Å². The Morgan fingerprint density at radius 3 is 2.62 bits per heavy atom. The van der Waals surface area contributed by atoms with Crippen LogP contribution in [0.4, 0.5) is 0 Å². The summed E-state index contributed by atoms with van der Waals surface area (Å²) in [5, 5.41) is 1.12. The maximum Gasteiger partial charge on any atom is 0.141 e. The van der Waals surface area contributed by atoms with Crippen molar-refractivity contribution in [1.82, 2.24) is 4.98 Å². The first-order valence-corrected chi connectivity index (χ1v) is 7.83. The molecule has 1 fully saturated rings. The van der Waals surface area contributed by atoms with Gasteiger partial charge in [-0.15, -0.1) is 0 Å². The molecule has 0 unspecified atom stereocenters. The van der Waals surface area contributed by atoms with Crippen molar-refractivity contribution in [3.8, 4) is 0 Å². The molecule has 1 aliphatic rings. The number of pyridine rings is 1. The lowest BCUT2D eigenvalue weighted by molar-refractivity contribution is -0.123. The SMILES string of the molecule is NCC1CCC(C(=O)Cc2ccc3ccccc3n2)CC1. The molecule has 1 aromatic carbocycles. The lowest BCUT2D eigenvalue weighted by Crippen LogP contribution is -2.26. The number of nitrogens with two attached hydrogens (primary N) is 1. The zero-order valence-corrected chi connectivity index (χ0v) is 12.3. The summed E-state index contributed by atoms with van der Waals surface area (Å²) < 4.78 is 0. The Kier molecular flexibility index (Phi) is 4.30. The van der Waals surface area contributed by atoms with Crippen molar-refractivity contribution < 1.29 is 4.79 Å². The lowest BCUT2D eigenvalue weighted by atomic mass is 9.79. The molecule has 0 amide bonds. The van der Waals surface area contributed by atoms with Crippen LogP contribution in [0, 0.1) is 11.8 Å². The van der Waals surface area contributed by atoms with E-state index in [4.69, 9.17) is 5.73 Å². The molecule has 21 heavy (non-hydrogen) atoms. The predicted molar refractivity (Wildman–Crippen MR) is 85.0 cm³/mol. The highest BCUT2D eigenvalue weighted by molar-refractivity contribution is 5.84. The van der Waals surface area contributed by atoms with E-state index in [0.29, 0.717) is 18.1 Å².